The van der Waals surface area contributed by atoms with Gasteiger partial charge in [0.05, 0.1) is 0 Å². The zero-order valence-electron chi connectivity index (χ0n) is 10.2. The van der Waals surface area contributed by atoms with E-state index in [1.165, 1.54) is 0 Å². The minimum atomic E-state index is 0.0845. The quantitative estimate of drug-likeness (QED) is 0.751. The van der Waals surface area contributed by atoms with Crippen LogP contribution < -0.4 is 9.47 Å². The Labute approximate surface area is 106 Å². The first-order chi connectivity index (χ1) is 8.84. The summed E-state index contributed by atoms with van der Waals surface area (Å²) in [6.45, 7) is 2.48. The number of benzene rings is 1. The Morgan fingerprint density at radius 2 is 1.72 bits per heavy atom. The highest BCUT2D eigenvalue weighted by molar-refractivity contribution is 5.98. The number of Topliss-reactive ketones (excluding diaryl/α,β-unsaturated/α-hetero) is 1. The summed E-state index contributed by atoms with van der Waals surface area (Å²) in [5.41, 5.74) is 0.714. The maximum Gasteiger partial charge on any atom is 0.166 e. The highest BCUT2D eigenvalue weighted by Crippen LogP contribution is 2.32. The summed E-state index contributed by atoms with van der Waals surface area (Å²) < 4.78 is 16.2. The normalized spacial score (nSPS) is 19.6. The van der Waals surface area contributed by atoms with Gasteiger partial charge < -0.3 is 14.2 Å². The highest BCUT2D eigenvalue weighted by Gasteiger charge is 2.24. The molecule has 96 valence electrons. The van der Waals surface area contributed by atoms with Crippen molar-refractivity contribution < 1.29 is 19.0 Å². The molecule has 0 saturated carbocycles. The maximum absolute atomic E-state index is 12.3. The predicted octanol–water partition coefficient (Wildman–Crippen LogP) is 2.07. The summed E-state index contributed by atoms with van der Waals surface area (Å²) in [6, 6.07) is 5.44. The topological polar surface area (TPSA) is 44.8 Å². The minimum Gasteiger partial charge on any atom is -0.486 e. The van der Waals surface area contributed by atoms with Crippen molar-refractivity contribution in [1.82, 2.24) is 0 Å². The minimum absolute atomic E-state index is 0.0845. The molecule has 4 nitrogen and oxygen atoms in total. The van der Waals surface area contributed by atoms with Gasteiger partial charge in [-0.05, 0) is 31.0 Å². The Hall–Kier alpha value is -1.55. The summed E-state index contributed by atoms with van der Waals surface area (Å²) in [6.07, 6.45) is 1.63. The van der Waals surface area contributed by atoms with Gasteiger partial charge in [0.25, 0.3) is 0 Å². The Bertz CT molecular complexity index is 449. The number of hydrogen-bond donors (Lipinski definition) is 0. The van der Waals surface area contributed by atoms with E-state index in [-0.39, 0.29) is 11.7 Å². The molecule has 0 aliphatic carbocycles. The lowest BCUT2D eigenvalue weighted by Gasteiger charge is -2.22. The molecule has 3 rings (SSSR count). The molecule has 0 bridgehead atoms. The van der Waals surface area contributed by atoms with Gasteiger partial charge in [-0.1, -0.05) is 0 Å². The van der Waals surface area contributed by atoms with Gasteiger partial charge in [0.2, 0.25) is 0 Å². The summed E-state index contributed by atoms with van der Waals surface area (Å²) >= 11 is 0. The second kappa shape index (κ2) is 4.98. The zero-order valence-corrected chi connectivity index (χ0v) is 10.2. The molecule has 0 unspecified atom stereocenters. The fraction of sp³-hybridized carbons (Fsp3) is 0.500. The number of carbonyl (C=O) groups excluding carboxylic acids is 1. The first-order valence-electron chi connectivity index (χ1n) is 6.36. The fourth-order valence-corrected chi connectivity index (χ4v) is 2.39. The number of fused-ring (bicyclic) bond motifs is 1. The van der Waals surface area contributed by atoms with Crippen molar-refractivity contribution in [2.45, 2.75) is 12.8 Å². The van der Waals surface area contributed by atoms with Crippen molar-refractivity contribution in [3.8, 4) is 11.5 Å². The average Bonchev–Trinajstić information content (AvgIpc) is 2.47. The van der Waals surface area contributed by atoms with Gasteiger partial charge in [-0.25, -0.2) is 0 Å². The Morgan fingerprint density at radius 3 is 2.50 bits per heavy atom. The maximum atomic E-state index is 12.3. The summed E-state index contributed by atoms with van der Waals surface area (Å²) in [5, 5.41) is 0. The van der Waals surface area contributed by atoms with Crippen LogP contribution in [-0.2, 0) is 4.74 Å². The lowest BCUT2D eigenvalue weighted by Crippen LogP contribution is -2.24. The molecular weight excluding hydrogens is 232 g/mol. The van der Waals surface area contributed by atoms with Crippen LogP contribution in [0.2, 0.25) is 0 Å². The number of carbonyl (C=O) groups is 1. The van der Waals surface area contributed by atoms with Crippen molar-refractivity contribution in [3.05, 3.63) is 23.8 Å². The van der Waals surface area contributed by atoms with Gasteiger partial charge in [-0.15, -0.1) is 0 Å². The van der Waals surface area contributed by atoms with Crippen LogP contribution in [0.25, 0.3) is 0 Å². The van der Waals surface area contributed by atoms with Crippen LogP contribution >= 0.6 is 0 Å². The standard InChI is InChI=1S/C14H16O4/c15-14(10-3-5-16-6-4-10)11-1-2-12-13(9-11)18-8-7-17-12/h1-2,9-10H,3-8H2. The fourth-order valence-electron chi connectivity index (χ4n) is 2.39. The third-order valence-electron chi connectivity index (χ3n) is 3.42. The van der Waals surface area contributed by atoms with E-state index in [1.54, 1.807) is 6.07 Å². The molecule has 2 heterocycles. The molecule has 0 radical (unpaired) electrons. The Balaban J connectivity index is 1.80. The molecule has 1 aromatic carbocycles. The third kappa shape index (κ3) is 2.20. The molecule has 2 aliphatic rings. The summed E-state index contributed by atoms with van der Waals surface area (Å²) in [4.78, 5) is 12.3. The van der Waals surface area contributed by atoms with E-state index in [1.807, 2.05) is 12.1 Å². The first-order valence-corrected chi connectivity index (χ1v) is 6.36. The molecule has 1 saturated heterocycles. The molecule has 1 aromatic rings. The molecule has 4 heteroatoms. The number of hydrogen-bond acceptors (Lipinski definition) is 4. The SMILES string of the molecule is O=C(c1ccc2c(c1)OCCO2)C1CCOCC1. The molecule has 0 spiro atoms. The van der Waals surface area contributed by atoms with Gasteiger partial charge in [0.15, 0.2) is 17.3 Å². The summed E-state index contributed by atoms with van der Waals surface area (Å²) in [5.74, 6) is 1.68. The molecule has 1 fully saturated rings. The van der Waals surface area contributed by atoms with Crippen LogP contribution in [0, 0.1) is 5.92 Å². The number of ether oxygens (including phenoxy) is 3. The lowest BCUT2D eigenvalue weighted by atomic mass is 9.91. The van der Waals surface area contributed by atoms with Gasteiger partial charge >= 0.3 is 0 Å². The van der Waals surface area contributed by atoms with Gasteiger partial charge in [0.1, 0.15) is 13.2 Å². The van der Waals surface area contributed by atoms with Crippen molar-refractivity contribution in [1.29, 1.82) is 0 Å². The highest BCUT2D eigenvalue weighted by atomic mass is 16.6. The van der Waals surface area contributed by atoms with E-state index in [2.05, 4.69) is 0 Å². The van der Waals surface area contributed by atoms with Crippen molar-refractivity contribution >= 4 is 5.78 Å². The van der Waals surface area contributed by atoms with Gasteiger partial charge in [-0.2, -0.15) is 0 Å². The summed E-state index contributed by atoms with van der Waals surface area (Å²) in [7, 11) is 0. The monoisotopic (exact) mass is 248 g/mol. The lowest BCUT2D eigenvalue weighted by molar-refractivity contribution is 0.0544. The van der Waals surface area contributed by atoms with E-state index < -0.39 is 0 Å². The Morgan fingerprint density at radius 1 is 1.00 bits per heavy atom. The number of rotatable bonds is 2. The van der Waals surface area contributed by atoms with Crippen LogP contribution in [0.3, 0.4) is 0 Å². The molecule has 18 heavy (non-hydrogen) atoms. The van der Waals surface area contributed by atoms with E-state index >= 15 is 0 Å². The van der Waals surface area contributed by atoms with Crippen LogP contribution in [0.4, 0.5) is 0 Å². The first kappa shape index (κ1) is 11.5. The molecule has 0 atom stereocenters. The third-order valence-corrected chi connectivity index (χ3v) is 3.42. The van der Waals surface area contributed by atoms with Gasteiger partial charge in [-0.3, -0.25) is 4.79 Å². The van der Waals surface area contributed by atoms with E-state index in [0.29, 0.717) is 37.7 Å². The van der Waals surface area contributed by atoms with Gasteiger partial charge in [0, 0.05) is 24.7 Å². The molecule has 0 N–H and O–H groups in total. The van der Waals surface area contributed by atoms with E-state index in [0.717, 1.165) is 18.6 Å². The predicted molar refractivity (Wildman–Crippen MR) is 65.3 cm³/mol. The van der Waals surface area contributed by atoms with Crippen molar-refractivity contribution in [2.75, 3.05) is 26.4 Å². The molecule has 0 amide bonds. The largest absolute Gasteiger partial charge is 0.486 e. The van der Waals surface area contributed by atoms with Crippen LogP contribution in [0.15, 0.2) is 18.2 Å². The second-order valence-electron chi connectivity index (χ2n) is 4.61. The molecular formula is C14H16O4. The van der Waals surface area contributed by atoms with Crippen LogP contribution in [-0.4, -0.2) is 32.2 Å². The van der Waals surface area contributed by atoms with Crippen LogP contribution in [0.5, 0.6) is 11.5 Å². The van der Waals surface area contributed by atoms with E-state index in [9.17, 15) is 4.79 Å². The smallest absolute Gasteiger partial charge is 0.166 e. The number of ketones is 1. The molecule has 2 aliphatic heterocycles. The Kier molecular flexibility index (Phi) is 3.19. The van der Waals surface area contributed by atoms with Crippen molar-refractivity contribution in [3.63, 3.8) is 0 Å². The zero-order chi connectivity index (χ0) is 12.4. The molecule has 0 aromatic heterocycles. The van der Waals surface area contributed by atoms with Crippen molar-refractivity contribution in [2.24, 2.45) is 5.92 Å². The average molecular weight is 248 g/mol. The van der Waals surface area contributed by atoms with Crippen LogP contribution in [0.1, 0.15) is 23.2 Å². The second-order valence-corrected chi connectivity index (χ2v) is 4.61. The van der Waals surface area contributed by atoms with E-state index in [4.69, 9.17) is 14.2 Å².